The van der Waals surface area contributed by atoms with Gasteiger partial charge in [0.2, 0.25) is 0 Å². The molecular weight excluding hydrogens is 454 g/mol. The average Bonchev–Trinajstić information content (AvgIpc) is 3.36. The number of rotatable bonds is 7. The van der Waals surface area contributed by atoms with Gasteiger partial charge >= 0.3 is 5.97 Å². The summed E-state index contributed by atoms with van der Waals surface area (Å²) in [5.74, 6) is 0.446. The van der Waals surface area contributed by atoms with Crippen LogP contribution in [-0.4, -0.2) is 59.5 Å². The molecule has 4 aromatic rings. The summed E-state index contributed by atoms with van der Waals surface area (Å²) in [4.78, 5) is 37.9. The monoisotopic (exact) mass is 483 g/mol. The molecule has 2 aromatic heterocycles. The van der Waals surface area contributed by atoms with Crippen LogP contribution in [0.5, 0.6) is 0 Å². The number of carbonyl (C=O) groups excluding carboxylic acids is 2. The summed E-state index contributed by atoms with van der Waals surface area (Å²) in [7, 11) is 0. The van der Waals surface area contributed by atoms with Crippen LogP contribution < -0.4 is 10.2 Å². The number of hydrogen-bond acceptors (Lipinski definition) is 6. The van der Waals surface area contributed by atoms with Crippen LogP contribution in [0.1, 0.15) is 33.2 Å². The van der Waals surface area contributed by atoms with Crippen molar-refractivity contribution < 1.29 is 14.3 Å². The van der Waals surface area contributed by atoms with Crippen molar-refractivity contribution in [3.8, 4) is 0 Å². The fourth-order valence-corrected chi connectivity index (χ4v) is 4.50. The highest BCUT2D eigenvalue weighted by molar-refractivity contribution is 6.08. The van der Waals surface area contributed by atoms with Crippen molar-refractivity contribution in [2.75, 3.05) is 42.9 Å². The largest absolute Gasteiger partial charge is 0.457 e. The molecule has 0 atom stereocenters. The Labute approximate surface area is 209 Å². The lowest BCUT2D eigenvalue weighted by Gasteiger charge is -2.36. The predicted molar refractivity (Wildman–Crippen MR) is 140 cm³/mol. The summed E-state index contributed by atoms with van der Waals surface area (Å²) in [6, 6.07) is 18.8. The molecule has 0 spiro atoms. The summed E-state index contributed by atoms with van der Waals surface area (Å²) < 4.78 is 5.48. The minimum absolute atomic E-state index is 0.0522. The lowest BCUT2D eigenvalue weighted by molar-refractivity contribution is 0.0472. The van der Waals surface area contributed by atoms with E-state index in [1.165, 1.54) is 0 Å². The number of H-pyrrole nitrogens is 1. The lowest BCUT2D eigenvalue weighted by Crippen LogP contribution is -2.49. The first-order chi connectivity index (χ1) is 17.6. The van der Waals surface area contributed by atoms with Crippen molar-refractivity contribution >= 4 is 34.3 Å². The first-order valence-electron chi connectivity index (χ1n) is 12.2. The van der Waals surface area contributed by atoms with Crippen molar-refractivity contribution in [1.29, 1.82) is 0 Å². The summed E-state index contributed by atoms with van der Waals surface area (Å²) in [6.07, 6.45) is 3.52. The van der Waals surface area contributed by atoms with Crippen molar-refractivity contribution in [2.45, 2.75) is 13.5 Å². The Kier molecular flexibility index (Phi) is 6.84. The quantitative estimate of drug-likeness (QED) is 0.381. The Morgan fingerprint density at radius 2 is 1.83 bits per heavy atom. The number of carbonyl (C=O) groups is 2. The molecule has 5 rings (SSSR count). The van der Waals surface area contributed by atoms with Crippen LogP contribution in [0.25, 0.3) is 10.9 Å². The summed E-state index contributed by atoms with van der Waals surface area (Å²) in [6.45, 7) is 5.65. The smallest absolute Gasteiger partial charge is 0.338 e. The maximum atomic E-state index is 13.4. The van der Waals surface area contributed by atoms with E-state index in [2.05, 4.69) is 27.1 Å². The summed E-state index contributed by atoms with van der Waals surface area (Å²) in [5, 5.41) is 4.07. The Morgan fingerprint density at radius 3 is 2.61 bits per heavy atom. The number of aromatic nitrogens is 2. The van der Waals surface area contributed by atoms with E-state index in [4.69, 9.17) is 4.74 Å². The van der Waals surface area contributed by atoms with Crippen LogP contribution in [-0.2, 0) is 11.3 Å². The zero-order valence-electron chi connectivity index (χ0n) is 20.2. The van der Waals surface area contributed by atoms with Gasteiger partial charge in [-0.1, -0.05) is 30.3 Å². The molecule has 0 aliphatic carbocycles. The van der Waals surface area contributed by atoms with E-state index in [0.29, 0.717) is 37.3 Å². The molecule has 1 amide bonds. The maximum Gasteiger partial charge on any atom is 0.338 e. The van der Waals surface area contributed by atoms with Crippen molar-refractivity contribution in [2.24, 2.45) is 0 Å². The van der Waals surface area contributed by atoms with Crippen LogP contribution in [0.4, 0.5) is 11.5 Å². The Hall–Kier alpha value is -4.33. The van der Waals surface area contributed by atoms with Gasteiger partial charge < -0.3 is 24.8 Å². The van der Waals surface area contributed by atoms with Crippen molar-refractivity contribution in [3.63, 3.8) is 0 Å². The third-order valence-electron chi connectivity index (χ3n) is 6.38. The molecule has 2 aromatic carbocycles. The maximum absolute atomic E-state index is 13.4. The number of piperazine rings is 1. The van der Waals surface area contributed by atoms with E-state index in [-0.39, 0.29) is 12.5 Å². The highest BCUT2D eigenvalue weighted by atomic mass is 16.5. The lowest BCUT2D eigenvalue weighted by atomic mass is 10.1. The molecule has 1 saturated heterocycles. The first-order valence-corrected chi connectivity index (χ1v) is 12.2. The average molecular weight is 484 g/mol. The number of nitrogens with one attached hydrogen (secondary N) is 2. The number of fused-ring (bicyclic) bond motifs is 1. The number of anilines is 2. The molecule has 2 N–H and O–H groups in total. The van der Waals surface area contributed by atoms with Gasteiger partial charge in [-0.15, -0.1) is 0 Å². The molecular formula is C28H29N5O3. The molecule has 3 heterocycles. The van der Waals surface area contributed by atoms with Gasteiger partial charge in [0.05, 0.1) is 16.8 Å². The molecule has 0 unspecified atom stereocenters. The molecule has 1 aliphatic rings. The van der Waals surface area contributed by atoms with Crippen LogP contribution in [0.3, 0.4) is 0 Å². The SMILES string of the molecule is CCNc1cccnc1N1CCN(C(=O)c2c[nH]c3ccc(C(=O)OCc4ccccc4)cc23)CC1. The van der Waals surface area contributed by atoms with Crippen molar-refractivity contribution in [1.82, 2.24) is 14.9 Å². The number of ether oxygens (including phenoxy) is 1. The second-order valence-corrected chi connectivity index (χ2v) is 8.71. The van der Waals surface area contributed by atoms with Crippen molar-refractivity contribution in [3.05, 3.63) is 89.7 Å². The standard InChI is InChI=1S/C28H29N5O3/c1-2-29-25-9-6-12-30-26(25)32-13-15-33(16-14-32)27(34)23-18-31-24-11-10-21(17-22(23)24)28(35)36-19-20-7-4-3-5-8-20/h3-12,17-18,29,31H,2,13-16,19H2,1H3. The van der Waals surface area contributed by atoms with Crippen LogP contribution in [0.2, 0.25) is 0 Å². The topological polar surface area (TPSA) is 90.6 Å². The molecule has 8 nitrogen and oxygen atoms in total. The molecule has 1 aliphatic heterocycles. The zero-order chi connectivity index (χ0) is 24.9. The Bertz CT molecular complexity index is 1360. The third-order valence-corrected chi connectivity index (χ3v) is 6.38. The highest BCUT2D eigenvalue weighted by Gasteiger charge is 2.26. The molecule has 0 radical (unpaired) electrons. The van der Waals surface area contributed by atoms with E-state index in [0.717, 1.165) is 34.5 Å². The van der Waals surface area contributed by atoms with Gasteiger partial charge in [0, 0.05) is 56.0 Å². The van der Waals surface area contributed by atoms with Gasteiger partial charge in [-0.25, -0.2) is 9.78 Å². The first kappa shape index (κ1) is 23.4. The van der Waals surface area contributed by atoms with Gasteiger partial charge in [-0.3, -0.25) is 4.79 Å². The van der Waals surface area contributed by atoms with Crippen LogP contribution >= 0.6 is 0 Å². The summed E-state index contributed by atoms with van der Waals surface area (Å²) in [5.41, 5.74) is 3.71. The highest BCUT2D eigenvalue weighted by Crippen LogP contribution is 2.26. The fraction of sp³-hybridized carbons (Fsp3) is 0.250. The normalized spacial score (nSPS) is 13.6. The fourth-order valence-electron chi connectivity index (χ4n) is 4.50. The number of esters is 1. The minimum atomic E-state index is -0.416. The van der Waals surface area contributed by atoms with E-state index < -0.39 is 5.97 Å². The second kappa shape index (κ2) is 10.5. The van der Waals surface area contributed by atoms with Crippen LogP contribution in [0, 0.1) is 0 Å². The summed E-state index contributed by atoms with van der Waals surface area (Å²) >= 11 is 0. The molecule has 0 bridgehead atoms. The second-order valence-electron chi connectivity index (χ2n) is 8.71. The zero-order valence-corrected chi connectivity index (χ0v) is 20.2. The molecule has 1 fully saturated rings. The number of hydrogen-bond donors (Lipinski definition) is 2. The Balaban J connectivity index is 1.27. The van der Waals surface area contributed by atoms with Gasteiger partial charge in [0.15, 0.2) is 5.82 Å². The minimum Gasteiger partial charge on any atom is -0.457 e. The van der Waals surface area contributed by atoms with E-state index in [1.807, 2.05) is 53.4 Å². The number of benzene rings is 2. The Morgan fingerprint density at radius 1 is 1.03 bits per heavy atom. The van der Waals surface area contributed by atoms with Crippen LogP contribution in [0.15, 0.2) is 73.1 Å². The van der Waals surface area contributed by atoms with Gasteiger partial charge in [-0.2, -0.15) is 0 Å². The third kappa shape index (κ3) is 4.88. The number of pyridine rings is 1. The molecule has 184 valence electrons. The van der Waals surface area contributed by atoms with Gasteiger partial charge in [-0.05, 0) is 42.8 Å². The van der Waals surface area contributed by atoms with E-state index >= 15 is 0 Å². The van der Waals surface area contributed by atoms with E-state index in [9.17, 15) is 9.59 Å². The number of nitrogens with zero attached hydrogens (tertiary/aromatic N) is 3. The molecule has 36 heavy (non-hydrogen) atoms. The molecule has 0 saturated carbocycles. The predicted octanol–water partition coefficient (Wildman–Crippen LogP) is 4.31. The number of amides is 1. The molecule has 8 heteroatoms. The van der Waals surface area contributed by atoms with Gasteiger partial charge in [0.1, 0.15) is 6.61 Å². The van der Waals surface area contributed by atoms with E-state index in [1.54, 1.807) is 24.5 Å². The van der Waals surface area contributed by atoms with Gasteiger partial charge in [0.25, 0.3) is 5.91 Å². The number of aromatic amines is 1.